The third kappa shape index (κ3) is 5.64. The van der Waals surface area contributed by atoms with Crippen molar-refractivity contribution in [3.8, 4) is 0 Å². The van der Waals surface area contributed by atoms with E-state index in [1.54, 1.807) is 11.8 Å². The molecule has 1 amide bonds. The number of morpholine rings is 1. The smallest absolute Gasteiger partial charge is 0.252 e. The Kier molecular flexibility index (Phi) is 7.37. The zero-order valence-electron chi connectivity index (χ0n) is 19.2. The average Bonchev–Trinajstić information content (AvgIpc) is 2.85. The minimum absolute atomic E-state index is 0.0433. The third-order valence-corrected chi connectivity index (χ3v) is 5.61. The van der Waals surface area contributed by atoms with Crippen LogP contribution in [-0.4, -0.2) is 48.2 Å². The zero-order chi connectivity index (χ0) is 24.9. The Balaban J connectivity index is 1.63. The lowest BCUT2D eigenvalue weighted by molar-refractivity contribution is 0.100. The number of amides is 1. The minimum atomic E-state index is -0.893. The molecule has 2 atom stereocenters. The van der Waals surface area contributed by atoms with Gasteiger partial charge in [0.2, 0.25) is 0 Å². The number of primary amides is 1. The van der Waals surface area contributed by atoms with E-state index in [9.17, 15) is 13.6 Å². The van der Waals surface area contributed by atoms with Crippen molar-refractivity contribution in [3.63, 3.8) is 0 Å². The van der Waals surface area contributed by atoms with E-state index in [4.69, 9.17) is 16.2 Å². The zero-order valence-corrected chi connectivity index (χ0v) is 19.2. The number of nitrogens with zero attached hydrogens (tertiary/aromatic N) is 3. The summed E-state index contributed by atoms with van der Waals surface area (Å²) in [4.78, 5) is 22.2. The maximum Gasteiger partial charge on any atom is 0.252 e. The van der Waals surface area contributed by atoms with Gasteiger partial charge in [-0.2, -0.15) is 0 Å². The van der Waals surface area contributed by atoms with Crippen LogP contribution in [0, 0.1) is 11.6 Å². The van der Waals surface area contributed by atoms with E-state index in [0.717, 1.165) is 11.6 Å². The van der Waals surface area contributed by atoms with Gasteiger partial charge < -0.3 is 31.7 Å². The van der Waals surface area contributed by atoms with Crippen LogP contribution >= 0.6 is 0 Å². The van der Waals surface area contributed by atoms with Gasteiger partial charge in [-0.25, -0.2) is 18.7 Å². The first-order valence-corrected chi connectivity index (χ1v) is 11.2. The summed E-state index contributed by atoms with van der Waals surface area (Å²) >= 11 is 0. The maximum absolute atomic E-state index is 14.9. The number of aromatic nitrogens is 2. The second-order valence-corrected chi connectivity index (χ2v) is 8.22. The fourth-order valence-corrected chi connectivity index (χ4v) is 3.84. The second kappa shape index (κ2) is 10.6. The summed E-state index contributed by atoms with van der Waals surface area (Å²) in [6.07, 6.45) is 1.41. The van der Waals surface area contributed by atoms with Gasteiger partial charge in [0, 0.05) is 25.2 Å². The van der Waals surface area contributed by atoms with Gasteiger partial charge >= 0.3 is 0 Å². The monoisotopic (exact) mass is 483 g/mol. The van der Waals surface area contributed by atoms with Gasteiger partial charge in [-0.1, -0.05) is 30.3 Å². The van der Waals surface area contributed by atoms with Crippen molar-refractivity contribution in [1.29, 1.82) is 0 Å². The molecule has 2 aromatic heterocycles. The minimum Gasteiger partial charge on any atom is -0.378 e. The third-order valence-electron chi connectivity index (χ3n) is 5.61. The Morgan fingerprint density at radius 1 is 1.11 bits per heavy atom. The Hall–Kier alpha value is -3.83. The van der Waals surface area contributed by atoms with Crippen LogP contribution in [0.25, 0.3) is 0 Å². The molecule has 0 bridgehead atoms. The summed E-state index contributed by atoms with van der Waals surface area (Å²) in [5.41, 5.74) is 12.4. The fourth-order valence-electron chi connectivity index (χ4n) is 3.84. The molecule has 1 saturated heterocycles. The van der Waals surface area contributed by atoms with Crippen LogP contribution in [-0.2, 0) is 4.74 Å². The Morgan fingerprint density at radius 3 is 2.46 bits per heavy atom. The van der Waals surface area contributed by atoms with Gasteiger partial charge in [0.05, 0.1) is 36.7 Å². The first kappa shape index (κ1) is 24.3. The second-order valence-electron chi connectivity index (χ2n) is 8.22. The maximum atomic E-state index is 14.9. The number of carbonyl (C=O) groups excluding carboxylic acids is 1. The molecule has 1 aliphatic rings. The molecule has 184 valence electrons. The van der Waals surface area contributed by atoms with Crippen LogP contribution in [0.1, 0.15) is 28.9 Å². The van der Waals surface area contributed by atoms with Gasteiger partial charge in [-0.15, -0.1) is 0 Å². The molecule has 1 fully saturated rings. The number of hydrogen-bond donors (Lipinski definition) is 4. The van der Waals surface area contributed by atoms with Crippen LogP contribution in [0.15, 0.2) is 48.7 Å². The first-order chi connectivity index (χ1) is 16.8. The molecule has 0 radical (unpaired) electrons. The predicted molar refractivity (Wildman–Crippen MR) is 130 cm³/mol. The number of hydrogen-bond acceptors (Lipinski definition) is 8. The largest absolute Gasteiger partial charge is 0.378 e. The van der Waals surface area contributed by atoms with Gasteiger partial charge in [-0.05, 0) is 18.6 Å². The van der Waals surface area contributed by atoms with Crippen molar-refractivity contribution in [2.24, 2.45) is 11.5 Å². The highest BCUT2D eigenvalue weighted by molar-refractivity contribution is 5.98. The summed E-state index contributed by atoms with van der Waals surface area (Å²) in [6.45, 7) is 3.82. The summed E-state index contributed by atoms with van der Waals surface area (Å²) < 4.78 is 35.0. The summed E-state index contributed by atoms with van der Waals surface area (Å²) in [7, 11) is 0. The van der Waals surface area contributed by atoms with Crippen molar-refractivity contribution >= 4 is 29.0 Å². The van der Waals surface area contributed by atoms with Gasteiger partial charge in [0.1, 0.15) is 5.82 Å². The summed E-state index contributed by atoms with van der Waals surface area (Å²) in [5, 5.41) is 5.85. The van der Waals surface area contributed by atoms with Crippen LogP contribution in [0.5, 0.6) is 0 Å². The lowest BCUT2D eigenvalue weighted by Crippen LogP contribution is -2.37. The average molecular weight is 484 g/mol. The van der Waals surface area contributed by atoms with Crippen LogP contribution in [0.2, 0.25) is 0 Å². The van der Waals surface area contributed by atoms with Crippen molar-refractivity contribution < 1.29 is 18.3 Å². The van der Waals surface area contributed by atoms with Gasteiger partial charge in [0.15, 0.2) is 23.3 Å². The lowest BCUT2D eigenvalue weighted by Gasteiger charge is -2.28. The van der Waals surface area contributed by atoms with E-state index < -0.39 is 29.6 Å². The number of nitrogens with one attached hydrogen (secondary N) is 2. The van der Waals surface area contributed by atoms with Crippen molar-refractivity contribution in [3.05, 3.63) is 71.4 Å². The molecule has 9 nitrogen and oxygen atoms in total. The van der Waals surface area contributed by atoms with Crippen molar-refractivity contribution in [1.82, 2.24) is 9.97 Å². The molecular weight excluding hydrogens is 456 g/mol. The molecule has 0 aliphatic carbocycles. The molecule has 3 heterocycles. The van der Waals surface area contributed by atoms with E-state index in [1.165, 1.54) is 12.3 Å². The molecule has 11 heteroatoms. The number of nitrogens with two attached hydrogens (primary N) is 2. The topological polar surface area (TPSA) is 131 Å². The Bertz CT molecular complexity index is 1190. The number of pyridine rings is 2. The highest BCUT2D eigenvalue weighted by atomic mass is 19.1. The standard InChI is InChI=1S/C24H27F2N7O2/c1-14(27)20(15-5-3-2-4-6-15)31-23-18(25)12-17(21(28)34)22(32-23)30-16-11-19(26)24(29-13-16)33-7-9-35-10-8-33/h2-6,11-14,20H,7-10,27H2,1H3,(H2,28,34)(H2,30,31,32)/t14-,20-/m0/s1. The molecule has 1 aliphatic heterocycles. The molecule has 35 heavy (non-hydrogen) atoms. The number of benzene rings is 1. The van der Waals surface area contributed by atoms with E-state index in [0.29, 0.717) is 26.3 Å². The Labute approximate surface area is 201 Å². The van der Waals surface area contributed by atoms with E-state index in [2.05, 4.69) is 20.6 Å². The van der Waals surface area contributed by atoms with Gasteiger partial charge in [-0.3, -0.25) is 4.79 Å². The highest BCUT2D eigenvalue weighted by Gasteiger charge is 2.22. The van der Waals surface area contributed by atoms with Crippen LogP contribution in [0.4, 0.5) is 31.9 Å². The van der Waals surface area contributed by atoms with E-state index in [1.807, 2.05) is 30.3 Å². The number of rotatable bonds is 8. The van der Waals surface area contributed by atoms with Crippen molar-refractivity contribution in [2.75, 3.05) is 41.8 Å². The number of ether oxygens (including phenoxy) is 1. The molecule has 0 saturated carbocycles. The normalized spacial score (nSPS) is 15.4. The quantitative estimate of drug-likeness (QED) is 0.385. The van der Waals surface area contributed by atoms with E-state index in [-0.39, 0.29) is 28.7 Å². The van der Waals surface area contributed by atoms with E-state index >= 15 is 0 Å². The van der Waals surface area contributed by atoms with Gasteiger partial charge in [0.25, 0.3) is 5.91 Å². The highest BCUT2D eigenvalue weighted by Crippen LogP contribution is 2.29. The van der Waals surface area contributed by atoms with Crippen molar-refractivity contribution in [2.45, 2.75) is 19.0 Å². The molecule has 4 rings (SSSR count). The molecular formula is C24H27F2N7O2. The van der Waals surface area contributed by atoms with Crippen LogP contribution < -0.4 is 27.0 Å². The number of anilines is 4. The predicted octanol–water partition coefficient (Wildman–Crippen LogP) is 2.93. The molecule has 0 spiro atoms. The Morgan fingerprint density at radius 2 is 1.83 bits per heavy atom. The SMILES string of the molecule is C[C@H](N)[C@H](Nc1nc(Nc2cnc(N3CCOCC3)c(F)c2)c(C(N)=O)cc1F)c1ccccc1. The number of carbonyl (C=O) groups is 1. The molecule has 3 aromatic rings. The molecule has 0 unspecified atom stereocenters. The fraction of sp³-hybridized carbons (Fsp3) is 0.292. The van der Waals surface area contributed by atoms with Crippen LogP contribution in [0.3, 0.4) is 0 Å². The first-order valence-electron chi connectivity index (χ1n) is 11.2. The molecule has 6 N–H and O–H groups in total. The summed E-state index contributed by atoms with van der Waals surface area (Å²) in [5.74, 6) is -2.21. The summed E-state index contributed by atoms with van der Waals surface area (Å²) in [6, 6.07) is 10.6. The molecule has 1 aromatic carbocycles. The lowest BCUT2D eigenvalue weighted by atomic mass is 10.0. The number of halogens is 2.